The Bertz CT molecular complexity index is 784. The lowest BCUT2D eigenvalue weighted by atomic mass is 9.96. The van der Waals surface area contributed by atoms with Crippen LogP contribution in [0.3, 0.4) is 0 Å². The van der Waals surface area contributed by atoms with Crippen LogP contribution in [0.5, 0.6) is 0 Å². The first-order valence-corrected chi connectivity index (χ1v) is 7.93. The molecule has 3 rings (SSSR count). The molecule has 2 heterocycles. The zero-order valence-electron chi connectivity index (χ0n) is 13.5. The monoisotopic (exact) mass is 355 g/mol. The summed E-state index contributed by atoms with van der Waals surface area (Å²) in [7, 11) is 0. The second-order valence-corrected chi connectivity index (χ2v) is 6.23. The first-order chi connectivity index (χ1) is 11.8. The molecule has 0 aliphatic carbocycles. The number of nitrogens with zero attached hydrogens (tertiary/aromatic N) is 2. The largest absolute Gasteiger partial charge is 0.432 e. The van der Waals surface area contributed by atoms with Crippen LogP contribution in [0.4, 0.5) is 17.6 Å². The Morgan fingerprint density at radius 3 is 2.76 bits per heavy atom. The first kappa shape index (κ1) is 17.4. The number of piperidine rings is 1. The van der Waals surface area contributed by atoms with E-state index in [1.54, 1.807) is 13.0 Å². The number of aryl methyl sites for hydroxylation is 1. The van der Waals surface area contributed by atoms with Crippen LogP contribution in [-0.2, 0) is 6.18 Å². The van der Waals surface area contributed by atoms with E-state index in [1.807, 2.05) is 0 Å². The number of amides is 1. The summed E-state index contributed by atoms with van der Waals surface area (Å²) >= 11 is 0. The van der Waals surface area contributed by atoms with Crippen molar-refractivity contribution in [2.24, 2.45) is 0 Å². The highest BCUT2D eigenvalue weighted by Crippen LogP contribution is 2.31. The Hall–Kier alpha value is -2.38. The van der Waals surface area contributed by atoms with E-state index in [0.717, 1.165) is 6.20 Å². The summed E-state index contributed by atoms with van der Waals surface area (Å²) in [6.07, 6.45) is -2.43. The van der Waals surface area contributed by atoms with Gasteiger partial charge in [0.1, 0.15) is 17.3 Å². The minimum atomic E-state index is -4.48. The van der Waals surface area contributed by atoms with Crippen LogP contribution in [0, 0.1) is 12.7 Å². The first-order valence-electron chi connectivity index (χ1n) is 7.93. The molecule has 0 bridgehead atoms. The van der Waals surface area contributed by atoms with Crippen LogP contribution in [-0.4, -0.2) is 33.9 Å². The Labute approximate surface area is 141 Å². The SMILES string of the molecule is Cc1ccc(C(=O)N2CCC[C@H](c3ncc(C(F)(F)F)[nH]3)C2)cc1F. The molecule has 1 N–H and O–H groups in total. The molecule has 1 amide bonds. The van der Waals surface area contributed by atoms with Gasteiger partial charge in [0, 0.05) is 24.6 Å². The third-order valence-electron chi connectivity index (χ3n) is 4.41. The van der Waals surface area contributed by atoms with Crippen molar-refractivity contribution < 1.29 is 22.4 Å². The zero-order chi connectivity index (χ0) is 18.2. The van der Waals surface area contributed by atoms with Gasteiger partial charge in [0.05, 0.1) is 6.20 Å². The lowest BCUT2D eigenvalue weighted by Gasteiger charge is -2.32. The fourth-order valence-electron chi connectivity index (χ4n) is 2.98. The van der Waals surface area contributed by atoms with Crippen molar-refractivity contribution in [3.8, 4) is 0 Å². The van der Waals surface area contributed by atoms with Gasteiger partial charge in [-0.05, 0) is 37.5 Å². The Morgan fingerprint density at radius 2 is 2.12 bits per heavy atom. The van der Waals surface area contributed by atoms with Crippen LogP contribution >= 0.6 is 0 Å². The summed E-state index contributed by atoms with van der Waals surface area (Å²) in [5, 5.41) is 0. The van der Waals surface area contributed by atoms with Gasteiger partial charge in [-0.3, -0.25) is 4.79 Å². The highest BCUT2D eigenvalue weighted by molar-refractivity contribution is 5.94. The number of carbonyl (C=O) groups is 1. The number of nitrogens with one attached hydrogen (secondary N) is 1. The third-order valence-corrected chi connectivity index (χ3v) is 4.41. The number of likely N-dealkylation sites (tertiary alicyclic amines) is 1. The molecule has 134 valence electrons. The van der Waals surface area contributed by atoms with Crippen LogP contribution in [0.2, 0.25) is 0 Å². The molecule has 1 aromatic carbocycles. The van der Waals surface area contributed by atoms with Gasteiger partial charge in [-0.15, -0.1) is 0 Å². The summed E-state index contributed by atoms with van der Waals surface area (Å²) in [6.45, 7) is 2.34. The van der Waals surface area contributed by atoms with E-state index in [1.165, 1.54) is 17.0 Å². The normalized spacial score (nSPS) is 18.4. The molecule has 0 unspecified atom stereocenters. The molecule has 1 saturated heterocycles. The van der Waals surface area contributed by atoms with Crippen molar-refractivity contribution >= 4 is 5.91 Å². The molecule has 1 fully saturated rings. The van der Waals surface area contributed by atoms with Crippen LogP contribution in [0.25, 0.3) is 0 Å². The Morgan fingerprint density at radius 1 is 1.36 bits per heavy atom. The summed E-state index contributed by atoms with van der Waals surface area (Å²) in [5.41, 5.74) is -0.214. The second kappa shape index (κ2) is 6.50. The number of aromatic amines is 1. The summed E-state index contributed by atoms with van der Waals surface area (Å²) in [5.74, 6) is -0.865. The van der Waals surface area contributed by atoms with E-state index < -0.39 is 17.7 Å². The zero-order valence-corrected chi connectivity index (χ0v) is 13.5. The average Bonchev–Trinajstić information content (AvgIpc) is 3.07. The van der Waals surface area contributed by atoms with Crippen molar-refractivity contribution in [1.29, 1.82) is 0 Å². The maximum absolute atomic E-state index is 13.7. The Balaban J connectivity index is 1.75. The highest BCUT2D eigenvalue weighted by atomic mass is 19.4. The number of aromatic nitrogens is 2. The predicted octanol–water partition coefficient (Wildman–Crippen LogP) is 3.90. The average molecular weight is 355 g/mol. The van der Waals surface area contributed by atoms with E-state index >= 15 is 0 Å². The molecule has 1 aliphatic rings. The number of halogens is 4. The molecule has 1 atom stereocenters. The van der Waals surface area contributed by atoms with Crippen molar-refractivity contribution in [2.45, 2.75) is 31.9 Å². The molecule has 1 aliphatic heterocycles. The van der Waals surface area contributed by atoms with E-state index in [4.69, 9.17) is 0 Å². The van der Waals surface area contributed by atoms with Crippen LogP contribution in [0.1, 0.15) is 46.2 Å². The maximum Gasteiger partial charge on any atom is 0.432 e. The van der Waals surface area contributed by atoms with Gasteiger partial charge >= 0.3 is 6.18 Å². The summed E-state index contributed by atoms with van der Waals surface area (Å²) < 4.78 is 51.8. The number of H-pyrrole nitrogens is 1. The fraction of sp³-hybridized carbons (Fsp3) is 0.412. The number of carbonyl (C=O) groups excluding carboxylic acids is 1. The van der Waals surface area contributed by atoms with Gasteiger partial charge in [-0.25, -0.2) is 9.37 Å². The Kier molecular flexibility index (Phi) is 4.53. The predicted molar refractivity (Wildman–Crippen MR) is 82.6 cm³/mol. The molecular formula is C17H17F4N3O. The third kappa shape index (κ3) is 3.67. The van der Waals surface area contributed by atoms with Crippen molar-refractivity contribution in [3.63, 3.8) is 0 Å². The number of benzene rings is 1. The van der Waals surface area contributed by atoms with Gasteiger partial charge in [0.25, 0.3) is 5.91 Å². The molecule has 0 spiro atoms. The topological polar surface area (TPSA) is 49.0 Å². The minimum absolute atomic E-state index is 0.222. The van der Waals surface area contributed by atoms with Crippen LogP contribution < -0.4 is 0 Å². The maximum atomic E-state index is 13.7. The van der Waals surface area contributed by atoms with Crippen molar-refractivity contribution in [1.82, 2.24) is 14.9 Å². The fourth-order valence-corrected chi connectivity index (χ4v) is 2.98. The molecule has 4 nitrogen and oxygen atoms in total. The smallest absolute Gasteiger partial charge is 0.338 e. The highest BCUT2D eigenvalue weighted by Gasteiger charge is 2.35. The van der Waals surface area contributed by atoms with Gasteiger partial charge in [-0.2, -0.15) is 13.2 Å². The van der Waals surface area contributed by atoms with Gasteiger partial charge in [-0.1, -0.05) is 6.07 Å². The quantitative estimate of drug-likeness (QED) is 0.831. The number of hydrogen-bond donors (Lipinski definition) is 1. The number of rotatable bonds is 2. The van der Waals surface area contributed by atoms with Gasteiger partial charge in [0.2, 0.25) is 0 Å². The van der Waals surface area contributed by atoms with Gasteiger partial charge < -0.3 is 9.88 Å². The molecule has 0 radical (unpaired) electrons. The number of hydrogen-bond acceptors (Lipinski definition) is 2. The van der Waals surface area contributed by atoms with Crippen molar-refractivity contribution in [2.75, 3.05) is 13.1 Å². The molecule has 25 heavy (non-hydrogen) atoms. The standard InChI is InChI=1S/C17H17F4N3O/c1-10-4-5-11(7-13(10)18)16(25)24-6-2-3-12(9-24)15-22-8-14(23-15)17(19,20)21/h4-5,7-8,12H,2-3,6,9H2,1H3,(H,22,23)/t12-/m0/s1. The van der Waals surface area contributed by atoms with Gasteiger partial charge in [0.15, 0.2) is 0 Å². The lowest BCUT2D eigenvalue weighted by molar-refractivity contribution is -0.141. The summed E-state index contributed by atoms with van der Waals surface area (Å²) in [6, 6.07) is 4.28. The minimum Gasteiger partial charge on any atom is -0.338 e. The van der Waals surface area contributed by atoms with Crippen molar-refractivity contribution in [3.05, 3.63) is 52.9 Å². The summed E-state index contributed by atoms with van der Waals surface area (Å²) in [4.78, 5) is 20.2. The lowest BCUT2D eigenvalue weighted by Crippen LogP contribution is -2.39. The van der Waals surface area contributed by atoms with E-state index in [2.05, 4.69) is 9.97 Å². The second-order valence-electron chi connectivity index (χ2n) is 6.23. The molecule has 2 aromatic rings. The molecular weight excluding hydrogens is 338 g/mol. The molecule has 8 heteroatoms. The van der Waals surface area contributed by atoms with Crippen LogP contribution in [0.15, 0.2) is 24.4 Å². The molecule has 0 saturated carbocycles. The van der Waals surface area contributed by atoms with E-state index in [0.29, 0.717) is 24.9 Å². The number of alkyl halides is 3. The van der Waals surface area contributed by atoms with E-state index in [-0.39, 0.29) is 29.8 Å². The molecule has 1 aromatic heterocycles. The number of imidazole rings is 1. The van der Waals surface area contributed by atoms with E-state index in [9.17, 15) is 22.4 Å².